The maximum atomic E-state index is 7.62. The van der Waals surface area contributed by atoms with Gasteiger partial charge in [0.25, 0.3) is 0 Å². The topological polar surface area (TPSA) is 71.4 Å². The Kier molecular flexibility index (Phi) is 56.7. The van der Waals surface area contributed by atoms with Gasteiger partial charge in [0, 0.05) is 19.3 Å². The first-order chi connectivity index (χ1) is 7.47. The van der Waals surface area contributed by atoms with Crippen LogP contribution >= 0.6 is 29.1 Å². The van der Waals surface area contributed by atoms with Crippen molar-refractivity contribution >= 4 is 29.1 Å². The SMILES string of the molecule is CCC#N.CCC#N.CCC#N.[Cl][Ru]([Cl])[Cl]. The van der Waals surface area contributed by atoms with Gasteiger partial charge in [-0.15, -0.1) is 0 Å². The average molecular weight is 373 g/mol. The van der Waals surface area contributed by atoms with E-state index in [0.29, 0.717) is 19.3 Å². The van der Waals surface area contributed by atoms with Crippen LogP contribution in [-0.2, 0) is 13.0 Å². The van der Waals surface area contributed by atoms with Crippen LogP contribution in [0.15, 0.2) is 0 Å². The van der Waals surface area contributed by atoms with E-state index in [2.05, 4.69) is 0 Å². The monoisotopic (exact) mass is 372 g/mol. The molecule has 7 heteroatoms. The van der Waals surface area contributed by atoms with Gasteiger partial charge in [-0.2, -0.15) is 15.8 Å². The van der Waals surface area contributed by atoms with Gasteiger partial charge in [-0.1, -0.05) is 20.8 Å². The van der Waals surface area contributed by atoms with Gasteiger partial charge in [0.15, 0.2) is 0 Å². The zero-order valence-corrected chi connectivity index (χ0v) is 13.5. The van der Waals surface area contributed by atoms with Crippen LogP contribution in [-0.4, -0.2) is 0 Å². The van der Waals surface area contributed by atoms with Crippen LogP contribution in [0.4, 0.5) is 0 Å². The molecule has 0 saturated carbocycles. The third kappa shape index (κ3) is 267. The molecule has 0 N–H and O–H groups in total. The molecule has 95 valence electrons. The molecule has 0 spiro atoms. The molecule has 16 heavy (non-hydrogen) atoms. The van der Waals surface area contributed by atoms with Gasteiger partial charge < -0.3 is 0 Å². The molecule has 0 atom stereocenters. The van der Waals surface area contributed by atoms with Gasteiger partial charge in [0.1, 0.15) is 0 Å². The van der Waals surface area contributed by atoms with E-state index >= 15 is 0 Å². The number of hydrogen-bond acceptors (Lipinski definition) is 3. The molecule has 0 heterocycles. The summed E-state index contributed by atoms with van der Waals surface area (Å²) in [6.07, 6.45) is 1.88. The average Bonchev–Trinajstić information content (AvgIpc) is 2.28. The Morgan fingerprint density at radius 2 is 0.812 bits per heavy atom. The van der Waals surface area contributed by atoms with E-state index < -0.39 is 13.0 Å². The molecule has 0 aromatic rings. The fourth-order valence-electron chi connectivity index (χ4n) is 0. The third-order valence-electron chi connectivity index (χ3n) is 0.474. The van der Waals surface area contributed by atoms with E-state index in [-0.39, 0.29) is 0 Å². The Balaban J connectivity index is -0.0000000600. The van der Waals surface area contributed by atoms with Gasteiger partial charge in [0.2, 0.25) is 0 Å². The summed E-state index contributed by atoms with van der Waals surface area (Å²) >= 11 is -1.75. The maximum absolute atomic E-state index is 7.62. The van der Waals surface area contributed by atoms with Crippen molar-refractivity contribution in [3.8, 4) is 18.2 Å². The molecule has 0 saturated heterocycles. The van der Waals surface area contributed by atoms with Gasteiger partial charge in [-0.25, -0.2) is 0 Å². The Bertz CT molecular complexity index is 179. The number of nitrogens with zero attached hydrogens (tertiary/aromatic N) is 3. The number of hydrogen-bond donors (Lipinski definition) is 0. The molecule has 0 aliphatic heterocycles. The second kappa shape index (κ2) is 36.3. The quantitative estimate of drug-likeness (QED) is 0.572. The third-order valence-corrected chi connectivity index (χ3v) is 0.474. The van der Waals surface area contributed by atoms with Crippen LogP contribution in [0.2, 0.25) is 0 Å². The van der Waals surface area contributed by atoms with Crippen LogP contribution in [0, 0.1) is 34.0 Å². The molecule has 0 fully saturated rings. The first-order valence-electron chi connectivity index (χ1n) is 4.25. The fraction of sp³-hybridized carbons (Fsp3) is 0.667. The molecule has 0 aliphatic carbocycles. The summed E-state index contributed by atoms with van der Waals surface area (Å²) in [4.78, 5) is 0. The van der Waals surface area contributed by atoms with Crippen LogP contribution in [0.3, 0.4) is 0 Å². The summed E-state index contributed by atoms with van der Waals surface area (Å²) < 4.78 is 0. The second-order valence-electron chi connectivity index (χ2n) is 1.69. The van der Waals surface area contributed by atoms with E-state index in [1.165, 1.54) is 0 Å². The second-order valence-corrected chi connectivity index (χ2v) is 9.60. The van der Waals surface area contributed by atoms with Crippen molar-refractivity contribution in [2.24, 2.45) is 0 Å². The van der Waals surface area contributed by atoms with Crippen molar-refractivity contribution in [3.05, 3.63) is 0 Å². The molecule has 3 nitrogen and oxygen atoms in total. The van der Waals surface area contributed by atoms with Crippen molar-refractivity contribution in [2.45, 2.75) is 40.0 Å². The summed E-state index contributed by atoms with van der Waals surface area (Å²) in [6.45, 7) is 5.46. The zero-order chi connectivity index (χ0) is 13.8. The molecule has 0 aromatic carbocycles. The van der Waals surface area contributed by atoms with Crippen LogP contribution < -0.4 is 0 Å². The minimum absolute atomic E-state index is 0.625. The first kappa shape index (κ1) is 25.0. The van der Waals surface area contributed by atoms with E-state index in [4.69, 9.17) is 44.9 Å². The fourth-order valence-corrected chi connectivity index (χ4v) is 0. The van der Waals surface area contributed by atoms with Crippen LogP contribution in [0.25, 0.3) is 0 Å². The number of nitriles is 3. The predicted octanol–water partition coefficient (Wildman–Crippen LogP) is 4.83. The Morgan fingerprint density at radius 1 is 0.750 bits per heavy atom. The molecule has 0 radical (unpaired) electrons. The normalized spacial score (nSPS) is 6.56. The summed E-state index contributed by atoms with van der Waals surface area (Å²) in [5, 5.41) is 22.9. The standard InChI is InChI=1S/3C3H5N.3ClH.Ru/c3*1-2-3-4;;;;/h3*2H2,1H3;3*1H;/q;;;;;;+3/p-3. The molecule has 0 aliphatic rings. The van der Waals surface area contributed by atoms with E-state index in [1.54, 1.807) is 0 Å². The van der Waals surface area contributed by atoms with Gasteiger partial charge >= 0.3 is 42.1 Å². The van der Waals surface area contributed by atoms with Gasteiger partial charge in [-0.3, -0.25) is 0 Å². The van der Waals surface area contributed by atoms with E-state index in [0.717, 1.165) is 0 Å². The number of rotatable bonds is 0. The van der Waals surface area contributed by atoms with Crippen LogP contribution in [0.5, 0.6) is 0 Å². The Hall–Kier alpha value is -0.0366. The minimum atomic E-state index is -1.75. The van der Waals surface area contributed by atoms with E-state index in [9.17, 15) is 0 Å². The Morgan fingerprint density at radius 3 is 0.812 bits per heavy atom. The van der Waals surface area contributed by atoms with Crippen molar-refractivity contribution in [1.29, 1.82) is 15.8 Å². The Labute approximate surface area is 116 Å². The van der Waals surface area contributed by atoms with Crippen LogP contribution in [0.1, 0.15) is 40.0 Å². The van der Waals surface area contributed by atoms with Crippen molar-refractivity contribution < 1.29 is 13.0 Å². The van der Waals surface area contributed by atoms with Gasteiger partial charge in [-0.05, 0) is 0 Å². The molecule has 0 rings (SSSR count). The predicted molar refractivity (Wildman–Crippen MR) is 65.3 cm³/mol. The zero-order valence-electron chi connectivity index (χ0n) is 9.45. The molecule has 0 amide bonds. The molecule has 0 aromatic heterocycles. The summed E-state index contributed by atoms with van der Waals surface area (Å²) in [7, 11) is 14.8. The summed E-state index contributed by atoms with van der Waals surface area (Å²) in [5.41, 5.74) is 0. The van der Waals surface area contributed by atoms with Crippen molar-refractivity contribution in [1.82, 2.24) is 0 Å². The molecule has 0 unspecified atom stereocenters. The van der Waals surface area contributed by atoms with Crippen molar-refractivity contribution in [2.75, 3.05) is 0 Å². The molecule has 0 bridgehead atoms. The molecular weight excluding hydrogens is 358 g/mol. The summed E-state index contributed by atoms with van der Waals surface area (Å²) in [5.74, 6) is 0. The van der Waals surface area contributed by atoms with E-state index in [1.807, 2.05) is 39.0 Å². The molecular formula is C9H15Cl3N3Ru. The summed E-state index contributed by atoms with van der Waals surface area (Å²) in [6, 6.07) is 5.79. The number of halogens is 3. The van der Waals surface area contributed by atoms with Crippen molar-refractivity contribution in [3.63, 3.8) is 0 Å². The first-order valence-corrected chi connectivity index (χ1v) is 11.0. The van der Waals surface area contributed by atoms with Gasteiger partial charge in [0.05, 0.1) is 18.2 Å².